The van der Waals surface area contributed by atoms with Crippen molar-refractivity contribution >= 4 is 16.9 Å². The highest BCUT2D eigenvalue weighted by Crippen LogP contribution is 2.34. The standard InChI is InChI=1S/C12H10F3NO3/c13-12(14,15)10-5-7-3-6(1-2-9(7)19-10)4-8(16)11(17)18/h1-3,5,8H,4,16H2,(H,17,18). The lowest BCUT2D eigenvalue weighted by atomic mass is 10.1. The average molecular weight is 273 g/mol. The second-order valence-electron chi connectivity index (χ2n) is 4.13. The lowest BCUT2D eigenvalue weighted by Gasteiger charge is -2.05. The summed E-state index contributed by atoms with van der Waals surface area (Å²) in [5, 5.41) is 8.94. The van der Waals surface area contributed by atoms with Crippen molar-refractivity contribution in [3.63, 3.8) is 0 Å². The lowest BCUT2D eigenvalue weighted by molar-refractivity contribution is -0.152. The van der Waals surface area contributed by atoms with E-state index in [4.69, 9.17) is 10.8 Å². The van der Waals surface area contributed by atoms with Crippen molar-refractivity contribution in [3.05, 3.63) is 35.6 Å². The number of carbonyl (C=O) groups is 1. The molecule has 4 nitrogen and oxygen atoms in total. The van der Waals surface area contributed by atoms with Gasteiger partial charge in [0.25, 0.3) is 0 Å². The first-order valence-electron chi connectivity index (χ1n) is 5.35. The molecule has 0 radical (unpaired) electrons. The number of carboxylic acid groups (broad SMARTS) is 1. The molecule has 1 unspecified atom stereocenters. The van der Waals surface area contributed by atoms with Gasteiger partial charge in [0.05, 0.1) is 0 Å². The smallest absolute Gasteiger partial charge is 0.449 e. The fraction of sp³-hybridized carbons (Fsp3) is 0.250. The lowest BCUT2D eigenvalue weighted by Crippen LogP contribution is -2.32. The van der Waals surface area contributed by atoms with Crippen LogP contribution in [0.15, 0.2) is 28.7 Å². The molecule has 3 N–H and O–H groups in total. The van der Waals surface area contributed by atoms with Crippen LogP contribution in [0.4, 0.5) is 13.2 Å². The van der Waals surface area contributed by atoms with Crippen LogP contribution in [0, 0.1) is 0 Å². The summed E-state index contributed by atoms with van der Waals surface area (Å²) in [5.41, 5.74) is 6.00. The van der Waals surface area contributed by atoms with Crippen molar-refractivity contribution < 1.29 is 27.5 Å². The van der Waals surface area contributed by atoms with E-state index in [2.05, 4.69) is 4.42 Å². The zero-order chi connectivity index (χ0) is 14.2. The molecule has 19 heavy (non-hydrogen) atoms. The van der Waals surface area contributed by atoms with Gasteiger partial charge in [0.15, 0.2) is 0 Å². The Labute approximate surface area is 105 Å². The zero-order valence-corrected chi connectivity index (χ0v) is 9.57. The highest BCUT2D eigenvalue weighted by atomic mass is 19.4. The van der Waals surface area contributed by atoms with Crippen molar-refractivity contribution in [1.29, 1.82) is 0 Å². The van der Waals surface area contributed by atoms with Gasteiger partial charge in [0.1, 0.15) is 11.6 Å². The first-order valence-corrected chi connectivity index (χ1v) is 5.35. The van der Waals surface area contributed by atoms with Gasteiger partial charge >= 0.3 is 12.1 Å². The third-order valence-corrected chi connectivity index (χ3v) is 2.63. The Hall–Kier alpha value is -2.02. The van der Waals surface area contributed by atoms with Gasteiger partial charge in [-0.05, 0) is 30.2 Å². The Morgan fingerprint density at radius 2 is 2.05 bits per heavy atom. The number of rotatable bonds is 3. The number of alkyl halides is 3. The number of aliphatic carboxylic acids is 1. The highest BCUT2D eigenvalue weighted by molar-refractivity contribution is 5.79. The maximum absolute atomic E-state index is 12.5. The Morgan fingerprint density at radius 1 is 1.37 bits per heavy atom. The van der Waals surface area contributed by atoms with Gasteiger partial charge in [-0.15, -0.1) is 0 Å². The van der Waals surface area contributed by atoms with Crippen LogP contribution >= 0.6 is 0 Å². The number of hydrogen-bond acceptors (Lipinski definition) is 3. The number of nitrogens with two attached hydrogens (primary N) is 1. The number of furan rings is 1. The van der Waals surface area contributed by atoms with Gasteiger partial charge in [-0.25, -0.2) is 0 Å². The van der Waals surface area contributed by atoms with Crippen LogP contribution in [0.1, 0.15) is 11.3 Å². The summed E-state index contributed by atoms with van der Waals surface area (Å²) in [6, 6.07) is 4.09. The molecule has 2 rings (SSSR count). The van der Waals surface area contributed by atoms with Crippen molar-refractivity contribution in [3.8, 4) is 0 Å². The van der Waals surface area contributed by atoms with E-state index in [1.54, 1.807) is 0 Å². The van der Waals surface area contributed by atoms with Crippen LogP contribution < -0.4 is 5.73 Å². The van der Waals surface area contributed by atoms with Crippen LogP contribution in [0.3, 0.4) is 0 Å². The predicted molar refractivity (Wildman–Crippen MR) is 60.5 cm³/mol. The van der Waals surface area contributed by atoms with E-state index in [1.165, 1.54) is 18.2 Å². The number of hydrogen-bond donors (Lipinski definition) is 2. The van der Waals surface area contributed by atoms with E-state index < -0.39 is 23.9 Å². The topological polar surface area (TPSA) is 76.5 Å². The van der Waals surface area contributed by atoms with Crippen LogP contribution in [0.5, 0.6) is 0 Å². The number of carboxylic acids is 1. The Kier molecular flexibility index (Phi) is 3.23. The Balaban J connectivity index is 2.33. The quantitative estimate of drug-likeness (QED) is 0.900. The summed E-state index contributed by atoms with van der Waals surface area (Å²) in [6.45, 7) is 0. The summed E-state index contributed by atoms with van der Waals surface area (Å²) in [6.07, 6.45) is -4.51. The monoisotopic (exact) mass is 273 g/mol. The SMILES string of the molecule is NC(Cc1ccc2oc(C(F)(F)F)cc2c1)C(=O)O. The van der Waals surface area contributed by atoms with Crippen molar-refractivity contribution in [1.82, 2.24) is 0 Å². The average Bonchev–Trinajstić information content (AvgIpc) is 2.71. The molecule has 0 bridgehead atoms. The molecule has 1 aromatic carbocycles. The van der Waals surface area contributed by atoms with Gasteiger partial charge < -0.3 is 15.3 Å². The van der Waals surface area contributed by atoms with Crippen molar-refractivity contribution in [2.24, 2.45) is 5.73 Å². The third-order valence-electron chi connectivity index (χ3n) is 2.63. The van der Waals surface area contributed by atoms with Crippen molar-refractivity contribution in [2.45, 2.75) is 18.6 Å². The van der Waals surface area contributed by atoms with E-state index in [0.29, 0.717) is 5.56 Å². The minimum absolute atomic E-state index is 0.0395. The molecule has 102 valence electrons. The molecule has 0 aliphatic carbocycles. The van der Waals surface area contributed by atoms with Crippen LogP contribution in [-0.2, 0) is 17.4 Å². The second kappa shape index (κ2) is 4.58. The molecular formula is C12H10F3NO3. The number of fused-ring (bicyclic) bond motifs is 1. The van der Waals surface area contributed by atoms with Crippen LogP contribution in [0.25, 0.3) is 11.0 Å². The summed E-state index contributed by atoms with van der Waals surface area (Å²) in [4.78, 5) is 10.6. The molecule has 7 heteroatoms. The molecule has 0 aliphatic rings. The summed E-state index contributed by atoms with van der Waals surface area (Å²) in [5.74, 6) is -2.24. The second-order valence-corrected chi connectivity index (χ2v) is 4.13. The summed E-state index contributed by atoms with van der Waals surface area (Å²) in [7, 11) is 0. The van der Waals surface area contributed by atoms with Gasteiger partial charge in [0, 0.05) is 5.39 Å². The van der Waals surface area contributed by atoms with Gasteiger partial charge in [-0.2, -0.15) is 13.2 Å². The number of benzene rings is 1. The largest absolute Gasteiger partial charge is 0.480 e. The first kappa shape index (κ1) is 13.4. The molecule has 2 aromatic rings. The highest BCUT2D eigenvalue weighted by Gasteiger charge is 2.35. The predicted octanol–water partition coefficient (Wildman–Crippen LogP) is 2.41. The van der Waals surface area contributed by atoms with E-state index in [0.717, 1.165) is 6.07 Å². The molecule has 1 atom stereocenters. The fourth-order valence-electron chi connectivity index (χ4n) is 1.70. The Morgan fingerprint density at radius 3 is 2.63 bits per heavy atom. The van der Waals surface area contributed by atoms with E-state index >= 15 is 0 Å². The molecule has 0 fully saturated rings. The molecule has 1 heterocycles. The number of halogens is 3. The van der Waals surface area contributed by atoms with Crippen molar-refractivity contribution in [2.75, 3.05) is 0 Å². The van der Waals surface area contributed by atoms with Crippen LogP contribution in [-0.4, -0.2) is 17.1 Å². The van der Waals surface area contributed by atoms with E-state index in [-0.39, 0.29) is 17.4 Å². The summed E-state index contributed by atoms with van der Waals surface area (Å²) < 4.78 is 42.0. The van der Waals surface area contributed by atoms with E-state index in [1.807, 2.05) is 0 Å². The summed E-state index contributed by atoms with van der Waals surface area (Å²) >= 11 is 0. The van der Waals surface area contributed by atoms with E-state index in [9.17, 15) is 18.0 Å². The van der Waals surface area contributed by atoms with Crippen LogP contribution in [0.2, 0.25) is 0 Å². The molecule has 1 aromatic heterocycles. The Bertz CT molecular complexity index is 618. The van der Waals surface area contributed by atoms with Gasteiger partial charge in [-0.3, -0.25) is 4.79 Å². The fourth-order valence-corrected chi connectivity index (χ4v) is 1.70. The van der Waals surface area contributed by atoms with Gasteiger partial charge in [-0.1, -0.05) is 6.07 Å². The first-order chi connectivity index (χ1) is 8.77. The molecule has 0 saturated carbocycles. The maximum Gasteiger partial charge on any atom is 0.449 e. The molecule has 0 amide bonds. The molecule has 0 spiro atoms. The normalized spacial score (nSPS) is 13.7. The maximum atomic E-state index is 12.5. The third kappa shape index (κ3) is 2.87. The zero-order valence-electron chi connectivity index (χ0n) is 9.57. The molecular weight excluding hydrogens is 263 g/mol. The molecule has 0 aliphatic heterocycles. The molecule has 0 saturated heterocycles. The minimum atomic E-state index is -4.54. The van der Waals surface area contributed by atoms with Gasteiger partial charge in [0.2, 0.25) is 5.76 Å². The minimum Gasteiger partial charge on any atom is -0.480 e.